The molecule has 12 nitrogen and oxygen atoms in total. The molecule has 31 heavy (non-hydrogen) atoms. The van der Waals surface area contributed by atoms with Crippen LogP contribution in [0.3, 0.4) is 0 Å². The Morgan fingerprint density at radius 2 is 1.29 bits per heavy atom. The maximum absolute atomic E-state index is 11.7. The van der Waals surface area contributed by atoms with Gasteiger partial charge in [0.05, 0.1) is 30.8 Å². The van der Waals surface area contributed by atoms with Gasteiger partial charge in [-0.3, -0.25) is 9.59 Å². The van der Waals surface area contributed by atoms with Crippen molar-refractivity contribution in [3.63, 3.8) is 0 Å². The molecule has 176 valence electrons. The van der Waals surface area contributed by atoms with Crippen molar-refractivity contribution in [2.45, 2.75) is 95.0 Å². The van der Waals surface area contributed by atoms with Crippen molar-refractivity contribution in [3.8, 4) is 0 Å². The Balaban J connectivity index is 2.11. The molecule has 12 heteroatoms. The molecule has 2 amide bonds. The lowest BCUT2D eigenvalue weighted by atomic mass is 9.99. The molecule has 4 unspecified atom stereocenters. The Morgan fingerprint density at radius 3 is 1.74 bits per heavy atom. The van der Waals surface area contributed by atoms with Crippen molar-refractivity contribution in [2.24, 2.45) is 5.11 Å². The number of aliphatic hydroxyl groups excluding tert-OH is 4. The van der Waals surface area contributed by atoms with Gasteiger partial charge in [-0.25, -0.2) is 4.79 Å². The largest absolute Gasteiger partial charge is 0.393 e. The molecule has 1 aliphatic heterocycles. The predicted octanol–water partition coefficient (Wildman–Crippen LogP) is 0.858. The number of nitrogens with zero attached hydrogens (tertiary/aromatic N) is 4. The molecule has 0 aromatic heterocycles. The zero-order valence-electron chi connectivity index (χ0n) is 17.5. The number of amides is 2. The molecule has 0 bridgehead atoms. The molecule has 1 fully saturated rings. The van der Waals surface area contributed by atoms with Crippen LogP contribution >= 0.6 is 0 Å². The van der Waals surface area contributed by atoms with E-state index in [-0.39, 0.29) is 45.1 Å². The monoisotopic (exact) mass is 444 g/mol. The van der Waals surface area contributed by atoms with Crippen LogP contribution in [-0.4, -0.2) is 74.2 Å². The van der Waals surface area contributed by atoms with E-state index in [1.807, 2.05) is 0 Å². The Morgan fingerprint density at radius 1 is 0.871 bits per heavy atom. The fourth-order valence-electron chi connectivity index (χ4n) is 3.07. The minimum absolute atomic E-state index is 0.0132. The quantitative estimate of drug-likeness (QED) is 0.116. The SMILES string of the molecule is [N-]=[N+]=NCCC(O)CCC(O)CCC(O)CCC(O)CCC(=O)ON1C(=O)CCC1=O. The van der Waals surface area contributed by atoms with E-state index in [1.54, 1.807) is 0 Å². The third-order valence-electron chi connectivity index (χ3n) is 5.01. The van der Waals surface area contributed by atoms with Crippen molar-refractivity contribution in [3.05, 3.63) is 10.4 Å². The summed E-state index contributed by atoms with van der Waals surface area (Å²) < 4.78 is 0. The summed E-state index contributed by atoms with van der Waals surface area (Å²) in [6.45, 7) is 0.195. The second-order valence-electron chi connectivity index (χ2n) is 7.67. The van der Waals surface area contributed by atoms with Gasteiger partial charge < -0.3 is 25.3 Å². The first-order valence-electron chi connectivity index (χ1n) is 10.5. The minimum Gasteiger partial charge on any atom is -0.393 e. The van der Waals surface area contributed by atoms with Gasteiger partial charge in [0.25, 0.3) is 11.8 Å². The molecule has 1 heterocycles. The van der Waals surface area contributed by atoms with Crippen molar-refractivity contribution < 1.29 is 39.6 Å². The van der Waals surface area contributed by atoms with Crippen molar-refractivity contribution in [1.82, 2.24) is 5.06 Å². The Kier molecular flexibility index (Phi) is 12.7. The number of imide groups is 1. The van der Waals surface area contributed by atoms with Gasteiger partial charge in [0, 0.05) is 24.3 Å². The van der Waals surface area contributed by atoms with Crippen LogP contribution in [0.25, 0.3) is 10.4 Å². The van der Waals surface area contributed by atoms with E-state index in [0.29, 0.717) is 37.2 Å². The third kappa shape index (κ3) is 11.7. The highest BCUT2D eigenvalue weighted by Crippen LogP contribution is 2.16. The molecule has 1 aliphatic rings. The van der Waals surface area contributed by atoms with Crippen LogP contribution < -0.4 is 0 Å². The van der Waals surface area contributed by atoms with Crippen LogP contribution in [0, 0.1) is 0 Å². The number of hydroxylamine groups is 2. The number of azide groups is 1. The van der Waals surface area contributed by atoms with E-state index in [2.05, 4.69) is 10.0 Å². The predicted molar refractivity (Wildman–Crippen MR) is 107 cm³/mol. The Hall–Kier alpha value is -2.24. The van der Waals surface area contributed by atoms with Gasteiger partial charge in [-0.15, -0.1) is 5.06 Å². The first-order valence-corrected chi connectivity index (χ1v) is 10.5. The lowest BCUT2D eigenvalue weighted by Gasteiger charge is -2.17. The van der Waals surface area contributed by atoms with Crippen molar-refractivity contribution in [2.75, 3.05) is 6.54 Å². The van der Waals surface area contributed by atoms with Crippen LogP contribution in [-0.2, 0) is 19.2 Å². The molecule has 0 aromatic carbocycles. The molecule has 0 saturated carbocycles. The second kappa shape index (κ2) is 14.7. The Labute approximate surface area is 180 Å². The second-order valence-corrected chi connectivity index (χ2v) is 7.67. The normalized spacial score (nSPS) is 17.7. The van der Waals surface area contributed by atoms with Gasteiger partial charge in [0.15, 0.2) is 0 Å². The number of rotatable bonds is 16. The van der Waals surface area contributed by atoms with E-state index in [0.717, 1.165) is 0 Å². The van der Waals surface area contributed by atoms with E-state index >= 15 is 0 Å². The summed E-state index contributed by atoms with van der Waals surface area (Å²) in [4.78, 5) is 41.8. The van der Waals surface area contributed by atoms with E-state index in [4.69, 9.17) is 10.4 Å². The first kappa shape index (κ1) is 26.8. The summed E-state index contributed by atoms with van der Waals surface area (Å²) in [5, 5.41) is 43.4. The molecule has 0 aliphatic carbocycles. The maximum atomic E-state index is 11.7. The standard InChI is InChI=1S/C19H32N4O8/c20-22-21-12-11-16(27)6-5-14(25)2-1-13(24)3-4-15(26)7-10-19(30)31-23-17(28)8-9-18(23)29/h13-16,24-27H,1-12H2. The highest BCUT2D eigenvalue weighted by molar-refractivity contribution is 6.01. The first-order chi connectivity index (χ1) is 14.7. The molecule has 4 atom stereocenters. The number of hydrogen-bond donors (Lipinski definition) is 4. The fourth-order valence-corrected chi connectivity index (χ4v) is 3.07. The average molecular weight is 444 g/mol. The lowest BCUT2D eigenvalue weighted by Crippen LogP contribution is -2.32. The number of aliphatic hydroxyl groups is 4. The molecule has 0 radical (unpaired) electrons. The minimum atomic E-state index is -0.858. The number of carbonyl (C=O) groups excluding carboxylic acids is 3. The summed E-state index contributed by atoms with van der Waals surface area (Å²) in [6, 6.07) is 0. The molecule has 1 saturated heterocycles. The highest BCUT2D eigenvalue weighted by atomic mass is 16.7. The lowest BCUT2D eigenvalue weighted by molar-refractivity contribution is -0.197. The van der Waals surface area contributed by atoms with Gasteiger partial charge in [-0.2, -0.15) is 0 Å². The van der Waals surface area contributed by atoms with Crippen LogP contribution in [0.15, 0.2) is 5.11 Å². The van der Waals surface area contributed by atoms with E-state index in [9.17, 15) is 34.8 Å². The third-order valence-corrected chi connectivity index (χ3v) is 5.01. The summed E-state index contributed by atoms with van der Waals surface area (Å²) in [5.41, 5.74) is 8.17. The zero-order chi connectivity index (χ0) is 23.2. The van der Waals surface area contributed by atoms with Crippen LogP contribution in [0.2, 0.25) is 0 Å². The van der Waals surface area contributed by atoms with Gasteiger partial charge >= 0.3 is 5.97 Å². The molecule has 0 spiro atoms. The zero-order valence-corrected chi connectivity index (χ0v) is 17.5. The van der Waals surface area contributed by atoms with Gasteiger partial charge in [-0.1, -0.05) is 5.11 Å². The van der Waals surface area contributed by atoms with E-state index in [1.165, 1.54) is 0 Å². The smallest absolute Gasteiger partial charge is 0.333 e. The fraction of sp³-hybridized carbons (Fsp3) is 0.842. The molecule has 4 N–H and O–H groups in total. The van der Waals surface area contributed by atoms with Crippen molar-refractivity contribution in [1.29, 1.82) is 0 Å². The molecular formula is C19H32N4O8. The molecular weight excluding hydrogens is 412 g/mol. The van der Waals surface area contributed by atoms with Crippen LogP contribution in [0.1, 0.15) is 70.6 Å². The molecule has 1 rings (SSSR count). The van der Waals surface area contributed by atoms with Crippen molar-refractivity contribution >= 4 is 17.8 Å². The van der Waals surface area contributed by atoms with Gasteiger partial charge in [0.1, 0.15) is 0 Å². The summed E-state index contributed by atoms with van der Waals surface area (Å²) >= 11 is 0. The molecule has 0 aromatic rings. The number of hydrogen-bond acceptors (Lipinski definition) is 9. The topological polar surface area (TPSA) is 193 Å². The summed E-state index contributed by atoms with van der Waals surface area (Å²) in [5.74, 6) is -1.91. The van der Waals surface area contributed by atoms with Crippen LogP contribution in [0.5, 0.6) is 0 Å². The highest BCUT2D eigenvalue weighted by Gasteiger charge is 2.32. The van der Waals surface area contributed by atoms with Crippen LogP contribution in [0.4, 0.5) is 0 Å². The maximum Gasteiger partial charge on any atom is 0.333 e. The van der Waals surface area contributed by atoms with E-state index < -0.39 is 42.2 Å². The Bertz CT molecular complexity index is 624. The average Bonchev–Trinajstić information content (AvgIpc) is 3.05. The van der Waals surface area contributed by atoms with Gasteiger partial charge in [-0.05, 0) is 56.9 Å². The number of carbonyl (C=O) groups is 3. The summed E-state index contributed by atoms with van der Waals surface area (Å²) in [7, 11) is 0. The van der Waals surface area contributed by atoms with Gasteiger partial charge in [0.2, 0.25) is 0 Å². The summed E-state index contributed by atoms with van der Waals surface area (Å²) in [6.07, 6.45) is -0.776.